The highest BCUT2D eigenvalue weighted by Crippen LogP contribution is 2.41. The Morgan fingerprint density at radius 3 is 2.65 bits per heavy atom. The first-order valence-electron chi connectivity index (χ1n) is 8.82. The highest BCUT2D eigenvalue weighted by atomic mass is 16.3. The Morgan fingerprint density at radius 1 is 1.26 bits per heavy atom. The minimum Gasteiger partial charge on any atom is -0.390 e. The van der Waals surface area contributed by atoms with Gasteiger partial charge in [0.2, 0.25) is 5.91 Å². The maximum absolute atomic E-state index is 11.2. The average molecular weight is 316 g/mol. The lowest BCUT2D eigenvalue weighted by atomic mass is 9.72. The monoisotopic (exact) mass is 316 g/mol. The molecule has 2 aliphatic rings. The van der Waals surface area contributed by atoms with Crippen LogP contribution >= 0.6 is 0 Å². The van der Waals surface area contributed by atoms with Gasteiger partial charge in [-0.1, -0.05) is 25.0 Å². The van der Waals surface area contributed by atoms with Crippen LogP contribution in [-0.2, 0) is 6.54 Å². The van der Waals surface area contributed by atoms with Gasteiger partial charge in [0, 0.05) is 24.1 Å². The van der Waals surface area contributed by atoms with Gasteiger partial charge in [-0.05, 0) is 56.8 Å². The summed E-state index contributed by atoms with van der Waals surface area (Å²) in [4.78, 5) is 13.7. The molecule has 3 N–H and O–H groups in total. The summed E-state index contributed by atoms with van der Waals surface area (Å²) in [6.07, 6.45) is 6.82. The normalized spacial score (nSPS) is 32.1. The predicted octanol–water partition coefficient (Wildman–Crippen LogP) is 2.69. The van der Waals surface area contributed by atoms with Crippen molar-refractivity contribution < 1.29 is 9.90 Å². The molecule has 3 atom stereocenters. The zero-order valence-corrected chi connectivity index (χ0v) is 14.0. The summed E-state index contributed by atoms with van der Waals surface area (Å²) in [7, 11) is 0. The average Bonchev–Trinajstić information content (AvgIpc) is 2.95. The smallest absolute Gasteiger partial charge is 0.248 e. The van der Waals surface area contributed by atoms with E-state index in [1.54, 1.807) is 12.1 Å². The van der Waals surface area contributed by atoms with Gasteiger partial charge in [0.15, 0.2) is 0 Å². The van der Waals surface area contributed by atoms with E-state index in [2.05, 4.69) is 4.90 Å². The molecule has 0 bridgehead atoms. The summed E-state index contributed by atoms with van der Waals surface area (Å²) in [6, 6.07) is 8.07. The van der Waals surface area contributed by atoms with Crippen molar-refractivity contribution in [2.24, 2.45) is 11.7 Å². The summed E-state index contributed by atoms with van der Waals surface area (Å²) in [5.41, 5.74) is 6.54. The first-order chi connectivity index (χ1) is 11.0. The minimum absolute atomic E-state index is 0.378. The molecule has 1 aromatic carbocycles. The van der Waals surface area contributed by atoms with Crippen molar-refractivity contribution >= 4 is 5.91 Å². The number of aliphatic hydroxyl groups is 1. The van der Waals surface area contributed by atoms with Crippen molar-refractivity contribution in [3.63, 3.8) is 0 Å². The SMILES string of the molecule is C[C@]1(O)CCCC[C@H]1[C@@H]1CCCN1Cc1ccc(C(N)=O)cc1. The molecule has 0 radical (unpaired) electrons. The van der Waals surface area contributed by atoms with Crippen molar-refractivity contribution in [3.05, 3.63) is 35.4 Å². The summed E-state index contributed by atoms with van der Waals surface area (Å²) >= 11 is 0. The molecule has 1 amide bonds. The Labute approximate surface area is 138 Å². The Hall–Kier alpha value is -1.39. The van der Waals surface area contributed by atoms with E-state index in [0.29, 0.717) is 17.5 Å². The molecule has 23 heavy (non-hydrogen) atoms. The second-order valence-electron chi connectivity index (χ2n) is 7.45. The summed E-state index contributed by atoms with van der Waals surface area (Å²) in [5.74, 6) is -0.00232. The van der Waals surface area contributed by atoms with Crippen LogP contribution in [0.3, 0.4) is 0 Å². The number of rotatable bonds is 4. The maximum Gasteiger partial charge on any atom is 0.248 e. The predicted molar refractivity (Wildman–Crippen MR) is 91.0 cm³/mol. The van der Waals surface area contributed by atoms with Gasteiger partial charge in [-0.25, -0.2) is 0 Å². The number of nitrogens with zero attached hydrogens (tertiary/aromatic N) is 1. The maximum atomic E-state index is 11.2. The van der Waals surface area contributed by atoms with Gasteiger partial charge >= 0.3 is 0 Å². The van der Waals surface area contributed by atoms with E-state index in [-0.39, 0.29) is 5.91 Å². The molecule has 1 saturated heterocycles. The van der Waals surface area contributed by atoms with Crippen molar-refractivity contribution in [3.8, 4) is 0 Å². The fourth-order valence-corrected chi connectivity index (χ4v) is 4.46. The first kappa shape index (κ1) is 16.5. The number of carbonyl (C=O) groups excluding carboxylic acids is 1. The fraction of sp³-hybridized carbons (Fsp3) is 0.632. The Kier molecular flexibility index (Phi) is 4.74. The zero-order valence-electron chi connectivity index (χ0n) is 14.0. The number of primary amides is 1. The van der Waals surface area contributed by atoms with Crippen LogP contribution < -0.4 is 5.73 Å². The van der Waals surface area contributed by atoms with Gasteiger partial charge in [-0.3, -0.25) is 9.69 Å². The van der Waals surface area contributed by atoms with Gasteiger partial charge in [0.05, 0.1) is 5.60 Å². The first-order valence-corrected chi connectivity index (χ1v) is 8.82. The third-order valence-electron chi connectivity index (χ3n) is 5.75. The molecule has 126 valence electrons. The Bertz CT molecular complexity index is 553. The van der Waals surface area contributed by atoms with Gasteiger partial charge in [0.1, 0.15) is 0 Å². The van der Waals surface area contributed by atoms with E-state index in [1.807, 2.05) is 19.1 Å². The molecule has 4 nitrogen and oxygen atoms in total. The third-order valence-corrected chi connectivity index (χ3v) is 5.75. The number of amides is 1. The van der Waals surface area contributed by atoms with E-state index >= 15 is 0 Å². The quantitative estimate of drug-likeness (QED) is 0.897. The molecular weight excluding hydrogens is 288 g/mol. The van der Waals surface area contributed by atoms with Crippen molar-refractivity contribution in [1.29, 1.82) is 0 Å². The highest BCUT2D eigenvalue weighted by molar-refractivity contribution is 5.92. The van der Waals surface area contributed by atoms with Gasteiger partial charge < -0.3 is 10.8 Å². The standard InChI is InChI=1S/C19H28N2O2/c1-19(23)11-3-2-5-16(19)17-6-4-12-21(17)13-14-7-9-15(10-8-14)18(20)22/h7-10,16-17,23H,2-6,11-13H2,1H3,(H2,20,22)/t16-,17-,19-/m0/s1. The van der Waals surface area contributed by atoms with E-state index < -0.39 is 5.60 Å². The minimum atomic E-state index is -0.526. The Morgan fingerprint density at radius 2 is 2.00 bits per heavy atom. The highest BCUT2D eigenvalue weighted by Gasteiger charge is 2.43. The number of carbonyl (C=O) groups is 1. The van der Waals surface area contributed by atoms with Crippen molar-refractivity contribution in [2.45, 2.75) is 63.6 Å². The summed E-state index contributed by atoms with van der Waals surface area (Å²) in [5, 5.41) is 10.8. The zero-order chi connectivity index (χ0) is 16.4. The van der Waals surface area contributed by atoms with Gasteiger partial charge in [-0.2, -0.15) is 0 Å². The molecule has 3 rings (SSSR count). The molecule has 1 aliphatic heterocycles. The number of hydrogen-bond acceptors (Lipinski definition) is 3. The molecule has 1 aliphatic carbocycles. The van der Waals surface area contributed by atoms with Crippen molar-refractivity contribution in [2.75, 3.05) is 6.54 Å². The van der Waals surface area contributed by atoms with Crippen LogP contribution in [0, 0.1) is 5.92 Å². The number of likely N-dealkylation sites (tertiary alicyclic amines) is 1. The van der Waals surface area contributed by atoms with E-state index in [1.165, 1.54) is 24.8 Å². The number of nitrogens with two attached hydrogens (primary N) is 1. The molecule has 1 heterocycles. The lowest BCUT2D eigenvalue weighted by Gasteiger charge is -2.43. The lowest BCUT2D eigenvalue weighted by molar-refractivity contribution is -0.0628. The van der Waals surface area contributed by atoms with Crippen molar-refractivity contribution in [1.82, 2.24) is 4.90 Å². The Balaban J connectivity index is 1.70. The molecule has 0 aromatic heterocycles. The van der Waals surface area contributed by atoms with Crippen LogP contribution in [-0.4, -0.2) is 34.1 Å². The molecule has 0 spiro atoms. The third kappa shape index (κ3) is 3.59. The number of benzene rings is 1. The van der Waals surface area contributed by atoms with Crippen LogP contribution in [0.25, 0.3) is 0 Å². The molecule has 1 saturated carbocycles. The summed E-state index contributed by atoms with van der Waals surface area (Å²) in [6.45, 7) is 4.00. The van der Waals surface area contributed by atoms with Crippen LogP contribution in [0.15, 0.2) is 24.3 Å². The van der Waals surface area contributed by atoms with Crippen LogP contribution in [0.1, 0.15) is 61.4 Å². The molecule has 2 fully saturated rings. The second-order valence-corrected chi connectivity index (χ2v) is 7.45. The molecular formula is C19H28N2O2. The molecule has 0 unspecified atom stereocenters. The number of hydrogen-bond donors (Lipinski definition) is 2. The van der Waals surface area contributed by atoms with Gasteiger partial charge in [-0.15, -0.1) is 0 Å². The van der Waals surface area contributed by atoms with Crippen LogP contribution in [0.2, 0.25) is 0 Å². The molecule has 4 heteroatoms. The van der Waals surface area contributed by atoms with E-state index in [4.69, 9.17) is 5.73 Å². The summed E-state index contributed by atoms with van der Waals surface area (Å²) < 4.78 is 0. The van der Waals surface area contributed by atoms with E-state index in [0.717, 1.165) is 32.4 Å². The largest absolute Gasteiger partial charge is 0.390 e. The van der Waals surface area contributed by atoms with Crippen LogP contribution in [0.5, 0.6) is 0 Å². The molecule has 1 aromatic rings. The fourth-order valence-electron chi connectivity index (χ4n) is 4.46. The lowest BCUT2D eigenvalue weighted by Crippen LogP contribution is -2.48. The van der Waals surface area contributed by atoms with Crippen LogP contribution in [0.4, 0.5) is 0 Å². The topological polar surface area (TPSA) is 66.6 Å². The second kappa shape index (κ2) is 6.62. The van der Waals surface area contributed by atoms with E-state index in [9.17, 15) is 9.90 Å². The van der Waals surface area contributed by atoms with Gasteiger partial charge in [0.25, 0.3) is 0 Å².